The molecule has 1 saturated heterocycles. The number of carbonyl (C=O) groups is 1. The third-order valence-electron chi connectivity index (χ3n) is 4.99. The zero-order valence-electron chi connectivity index (χ0n) is 15.7. The van der Waals surface area contributed by atoms with Gasteiger partial charge in [0.15, 0.2) is 11.6 Å². The highest BCUT2D eigenvalue weighted by Crippen LogP contribution is 2.26. The number of piperazine rings is 1. The molecule has 1 aliphatic heterocycles. The first-order valence-electron chi connectivity index (χ1n) is 9.37. The fraction of sp³-hybridized carbons (Fsp3) is 0.381. The van der Waals surface area contributed by atoms with Crippen LogP contribution >= 0.6 is 0 Å². The minimum Gasteiger partial charge on any atom is -0.388 e. The summed E-state index contributed by atoms with van der Waals surface area (Å²) >= 11 is 0. The topological polar surface area (TPSA) is 43.8 Å². The Morgan fingerprint density at radius 1 is 1.00 bits per heavy atom. The molecule has 1 heterocycles. The van der Waals surface area contributed by atoms with Crippen molar-refractivity contribution in [3.8, 4) is 0 Å². The Morgan fingerprint density at radius 2 is 1.71 bits per heavy atom. The predicted octanol–water partition coefficient (Wildman–Crippen LogP) is 3.90. The largest absolute Gasteiger partial charge is 0.388 e. The molecule has 1 fully saturated rings. The van der Waals surface area contributed by atoms with Gasteiger partial charge < -0.3 is 14.9 Å². The number of carbonyl (C=O) groups excluding carboxylic acids is 1. The fourth-order valence-electron chi connectivity index (χ4n) is 3.39. The van der Waals surface area contributed by atoms with Crippen LogP contribution in [0.5, 0.6) is 0 Å². The number of anilines is 1. The standard InChI is InChI=1S/C21H23F3N2O2/c1-2-3-20(27)14-5-7-19(18(24)12-14)25-8-10-26(11-9-25)21(28)15-4-6-16(22)17(23)13-15/h4-7,12-13,20,27H,2-3,8-11H2,1H3. The van der Waals surface area contributed by atoms with E-state index >= 15 is 0 Å². The van der Waals surface area contributed by atoms with Gasteiger partial charge in [-0.2, -0.15) is 0 Å². The molecule has 150 valence electrons. The molecular formula is C21H23F3N2O2. The Kier molecular flexibility index (Phi) is 6.24. The second kappa shape index (κ2) is 8.65. The lowest BCUT2D eigenvalue weighted by Crippen LogP contribution is -2.49. The quantitative estimate of drug-likeness (QED) is 0.839. The number of benzene rings is 2. The average Bonchev–Trinajstić information content (AvgIpc) is 2.70. The normalized spacial score (nSPS) is 15.6. The van der Waals surface area contributed by atoms with E-state index in [1.165, 1.54) is 12.1 Å². The summed E-state index contributed by atoms with van der Waals surface area (Å²) in [6.07, 6.45) is 0.696. The van der Waals surface area contributed by atoms with Gasteiger partial charge >= 0.3 is 0 Å². The van der Waals surface area contributed by atoms with Gasteiger partial charge in [-0.25, -0.2) is 13.2 Å². The highest BCUT2D eigenvalue weighted by molar-refractivity contribution is 5.94. The van der Waals surface area contributed by atoms with Crippen molar-refractivity contribution < 1.29 is 23.1 Å². The third-order valence-corrected chi connectivity index (χ3v) is 4.99. The molecule has 0 radical (unpaired) electrons. The van der Waals surface area contributed by atoms with Gasteiger partial charge in [0.05, 0.1) is 11.8 Å². The summed E-state index contributed by atoms with van der Waals surface area (Å²) in [7, 11) is 0. The molecular weight excluding hydrogens is 369 g/mol. The predicted molar refractivity (Wildman–Crippen MR) is 101 cm³/mol. The van der Waals surface area contributed by atoms with Gasteiger partial charge in [-0.1, -0.05) is 19.4 Å². The van der Waals surface area contributed by atoms with Crippen molar-refractivity contribution in [1.82, 2.24) is 4.90 Å². The molecule has 0 saturated carbocycles. The maximum Gasteiger partial charge on any atom is 0.254 e. The molecule has 1 unspecified atom stereocenters. The number of rotatable bonds is 5. The first-order valence-corrected chi connectivity index (χ1v) is 9.37. The van der Waals surface area contributed by atoms with Crippen LogP contribution in [-0.4, -0.2) is 42.1 Å². The van der Waals surface area contributed by atoms with Crippen molar-refractivity contribution in [2.75, 3.05) is 31.1 Å². The first-order chi connectivity index (χ1) is 13.4. The number of hydrogen-bond acceptors (Lipinski definition) is 3. The minimum absolute atomic E-state index is 0.0906. The van der Waals surface area contributed by atoms with Crippen LogP contribution in [0.25, 0.3) is 0 Å². The zero-order valence-corrected chi connectivity index (χ0v) is 15.7. The van der Waals surface area contributed by atoms with Crippen LogP contribution in [0.4, 0.5) is 18.9 Å². The highest BCUT2D eigenvalue weighted by Gasteiger charge is 2.24. The monoisotopic (exact) mass is 392 g/mol. The van der Waals surface area contributed by atoms with E-state index in [-0.39, 0.29) is 11.5 Å². The lowest BCUT2D eigenvalue weighted by molar-refractivity contribution is 0.0746. The molecule has 0 spiro atoms. The molecule has 2 aromatic rings. The first kappa shape index (κ1) is 20.2. The molecule has 0 bridgehead atoms. The SMILES string of the molecule is CCCC(O)c1ccc(N2CCN(C(=O)c3ccc(F)c(F)c3)CC2)c(F)c1. The second-order valence-corrected chi connectivity index (χ2v) is 6.92. The Bertz CT molecular complexity index is 852. The Balaban J connectivity index is 1.65. The molecule has 28 heavy (non-hydrogen) atoms. The minimum atomic E-state index is -1.06. The molecule has 0 aliphatic carbocycles. The van der Waals surface area contributed by atoms with Crippen LogP contribution in [0.1, 0.15) is 41.8 Å². The van der Waals surface area contributed by atoms with E-state index in [1.54, 1.807) is 17.0 Å². The van der Waals surface area contributed by atoms with Crippen molar-refractivity contribution >= 4 is 11.6 Å². The summed E-state index contributed by atoms with van der Waals surface area (Å²) in [5, 5.41) is 10.0. The Morgan fingerprint density at radius 3 is 2.32 bits per heavy atom. The summed E-state index contributed by atoms with van der Waals surface area (Å²) < 4.78 is 40.9. The number of amides is 1. The summed E-state index contributed by atoms with van der Waals surface area (Å²) in [6, 6.07) is 7.81. The third kappa shape index (κ3) is 4.30. The molecule has 4 nitrogen and oxygen atoms in total. The Hall–Kier alpha value is -2.54. The van der Waals surface area contributed by atoms with E-state index in [0.29, 0.717) is 43.9 Å². The Labute approximate surface area is 162 Å². The maximum atomic E-state index is 14.5. The summed E-state index contributed by atoms with van der Waals surface area (Å²) in [5.74, 6) is -2.84. The van der Waals surface area contributed by atoms with Crippen LogP contribution in [-0.2, 0) is 0 Å². The van der Waals surface area contributed by atoms with Gasteiger partial charge in [-0.05, 0) is 42.3 Å². The molecule has 0 aromatic heterocycles. The lowest BCUT2D eigenvalue weighted by atomic mass is 10.0. The van der Waals surface area contributed by atoms with Gasteiger partial charge in [-0.3, -0.25) is 4.79 Å². The molecule has 1 aliphatic rings. The van der Waals surface area contributed by atoms with E-state index in [4.69, 9.17) is 0 Å². The van der Waals surface area contributed by atoms with Crippen molar-refractivity contribution in [2.45, 2.75) is 25.9 Å². The van der Waals surface area contributed by atoms with Crippen molar-refractivity contribution in [1.29, 1.82) is 0 Å². The average molecular weight is 392 g/mol. The number of nitrogens with zero attached hydrogens (tertiary/aromatic N) is 2. The summed E-state index contributed by atoms with van der Waals surface area (Å²) in [6.45, 7) is 3.48. The highest BCUT2D eigenvalue weighted by atomic mass is 19.2. The van der Waals surface area contributed by atoms with Crippen molar-refractivity contribution in [3.63, 3.8) is 0 Å². The molecule has 7 heteroatoms. The number of aliphatic hydroxyl groups excluding tert-OH is 1. The van der Waals surface area contributed by atoms with Crippen LogP contribution in [0.2, 0.25) is 0 Å². The summed E-state index contributed by atoms with van der Waals surface area (Å²) in [5.41, 5.74) is 1.07. The number of halogens is 3. The maximum absolute atomic E-state index is 14.5. The van der Waals surface area contributed by atoms with E-state index in [9.17, 15) is 23.1 Å². The van der Waals surface area contributed by atoms with Crippen LogP contribution in [0.15, 0.2) is 36.4 Å². The van der Waals surface area contributed by atoms with E-state index in [1.807, 2.05) is 11.8 Å². The summed E-state index contributed by atoms with van der Waals surface area (Å²) in [4.78, 5) is 15.8. The van der Waals surface area contributed by atoms with Gasteiger partial charge in [0, 0.05) is 31.7 Å². The lowest BCUT2D eigenvalue weighted by Gasteiger charge is -2.36. The van der Waals surface area contributed by atoms with Gasteiger partial charge in [0.25, 0.3) is 5.91 Å². The fourth-order valence-corrected chi connectivity index (χ4v) is 3.39. The smallest absolute Gasteiger partial charge is 0.254 e. The second-order valence-electron chi connectivity index (χ2n) is 6.92. The van der Waals surface area contributed by atoms with Crippen molar-refractivity contribution in [3.05, 3.63) is 65.0 Å². The van der Waals surface area contributed by atoms with Crippen molar-refractivity contribution in [2.24, 2.45) is 0 Å². The van der Waals surface area contributed by atoms with Gasteiger partial charge in [-0.15, -0.1) is 0 Å². The number of aliphatic hydroxyl groups is 1. The van der Waals surface area contributed by atoms with E-state index < -0.39 is 23.6 Å². The zero-order chi connectivity index (χ0) is 20.3. The van der Waals surface area contributed by atoms with Crippen LogP contribution in [0.3, 0.4) is 0 Å². The molecule has 2 aromatic carbocycles. The van der Waals surface area contributed by atoms with Crippen LogP contribution in [0, 0.1) is 17.5 Å². The molecule has 1 amide bonds. The van der Waals surface area contributed by atoms with Gasteiger partial charge in [0.1, 0.15) is 5.82 Å². The molecule has 1 N–H and O–H groups in total. The van der Waals surface area contributed by atoms with E-state index in [0.717, 1.165) is 18.6 Å². The van der Waals surface area contributed by atoms with Crippen LogP contribution < -0.4 is 4.90 Å². The molecule has 1 atom stereocenters. The molecule has 3 rings (SSSR count). The number of hydrogen-bond donors (Lipinski definition) is 1. The van der Waals surface area contributed by atoms with Gasteiger partial charge in [0.2, 0.25) is 0 Å². The van der Waals surface area contributed by atoms with E-state index in [2.05, 4.69) is 0 Å².